The van der Waals surface area contributed by atoms with E-state index in [2.05, 4.69) is 0 Å². The van der Waals surface area contributed by atoms with E-state index >= 15 is 0 Å². The molecule has 0 aromatic carbocycles. The van der Waals surface area contributed by atoms with Gasteiger partial charge in [0.05, 0.1) is 5.41 Å². The van der Waals surface area contributed by atoms with Crippen LogP contribution in [0.5, 0.6) is 0 Å². The number of hydroxylamine groups is 2. The molecular formula is C10H15NO3. The summed E-state index contributed by atoms with van der Waals surface area (Å²) in [6.45, 7) is 0. The fourth-order valence-corrected chi connectivity index (χ4v) is 2.57. The second-order valence-corrected chi connectivity index (χ2v) is 4.38. The van der Waals surface area contributed by atoms with Gasteiger partial charge in [-0.3, -0.25) is 14.8 Å². The summed E-state index contributed by atoms with van der Waals surface area (Å²) in [6, 6.07) is 0. The van der Waals surface area contributed by atoms with Gasteiger partial charge in [-0.1, -0.05) is 25.7 Å². The van der Waals surface area contributed by atoms with Crippen LogP contribution >= 0.6 is 0 Å². The SMILES string of the molecule is O=C1CC2(CCCCCC2)C(=O)N1O. The number of amides is 2. The summed E-state index contributed by atoms with van der Waals surface area (Å²) in [5, 5.41) is 9.53. The van der Waals surface area contributed by atoms with Crippen LogP contribution in [-0.2, 0) is 9.59 Å². The molecule has 0 radical (unpaired) electrons. The zero-order valence-electron chi connectivity index (χ0n) is 8.16. The molecule has 2 fully saturated rings. The first-order chi connectivity index (χ1) is 6.66. The summed E-state index contributed by atoms with van der Waals surface area (Å²) in [6.07, 6.45) is 5.98. The smallest absolute Gasteiger partial charge is 0.260 e. The van der Waals surface area contributed by atoms with Crippen molar-refractivity contribution in [1.82, 2.24) is 5.06 Å². The molecule has 1 heterocycles. The first-order valence-corrected chi connectivity index (χ1v) is 5.22. The Morgan fingerprint density at radius 2 is 1.64 bits per heavy atom. The summed E-state index contributed by atoms with van der Waals surface area (Å²) in [5.74, 6) is -0.804. The van der Waals surface area contributed by atoms with Gasteiger partial charge < -0.3 is 0 Å². The average Bonchev–Trinajstić information content (AvgIpc) is 2.38. The Balaban J connectivity index is 2.22. The number of carbonyl (C=O) groups is 2. The Morgan fingerprint density at radius 3 is 2.07 bits per heavy atom. The van der Waals surface area contributed by atoms with E-state index in [4.69, 9.17) is 0 Å². The van der Waals surface area contributed by atoms with E-state index in [1.165, 1.54) is 0 Å². The average molecular weight is 197 g/mol. The number of rotatable bonds is 0. The third-order valence-electron chi connectivity index (χ3n) is 3.43. The topological polar surface area (TPSA) is 57.6 Å². The molecule has 2 rings (SSSR count). The summed E-state index contributed by atoms with van der Waals surface area (Å²) in [7, 11) is 0. The highest BCUT2D eigenvalue weighted by Gasteiger charge is 2.50. The van der Waals surface area contributed by atoms with Crippen molar-refractivity contribution in [2.45, 2.75) is 44.9 Å². The van der Waals surface area contributed by atoms with E-state index in [1.807, 2.05) is 0 Å². The molecule has 1 spiro atoms. The lowest BCUT2D eigenvalue weighted by atomic mass is 9.79. The molecule has 1 N–H and O–H groups in total. The molecule has 14 heavy (non-hydrogen) atoms. The van der Waals surface area contributed by atoms with Crippen LogP contribution in [0, 0.1) is 5.41 Å². The monoisotopic (exact) mass is 197 g/mol. The van der Waals surface area contributed by atoms with Crippen molar-refractivity contribution in [1.29, 1.82) is 0 Å². The maximum absolute atomic E-state index is 11.7. The molecule has 1 saturated heterocycles. The molecule has 0 bridgehead atoms. The van der Waals surface area contributed by atoms with Crippen molar-refractivity contribution in [3.63, 3.8) is 0 Å². The summed E-state index contributed by atoms with van der Waals surface area (Å²) in [4.78, 5) is 22.9. The Morgan fingerprint density at radius 1 is 1.07 bits per heavy atom. The molecule has 0 aromatic rings. The van der Waals surface area contributed by atoms with Crippen LogP contribution in [-0.4, -0.2) is 22.1 Å². The number of hydrogen-bond acceptors (Lipinski definition) is 3. The quantitative estimate of drug-likeness (QED) is 0.472. The Hall–Kier alpha value is -0.900. The van der Waals surface area contributed by atoms with Gasteiger partial charge in [-0.25, -0.2) is 0 Å². The van der Waals surface area contributed by atoms with Crippen molar-refractivity contribution in [2.75, 3.05) is 0 Å². The third-order valence-corrected chi connectivity index (χ3v) is 3.43. The molecule has 4 heteroatoms. The molecule has 78 valence electrons. The van der Waals surface area contributed by atoms with Crippen LogP contribution in [0.1, 0.15) is 44.9 Å². The first kappa shape index (κ1) is 9.65. The van der Waals surface area contributed by atoms with Crippen molar-refractivity contribution in [3.8, 4) is 0 Å². The molecule has 1 saturated carbocycles. The summed E-state index contributed by atoms with van der Waals surface area (Å²) < 4.78 is 0. The largest absolute Gasteiger partial charge is 0.278 e. The highest BCUT2D eigenvalue weighted by molar-refractivity contribution is 6.04. The van der Waals surface area contributed by atoms with Crippen molar-refractivity contribution in [3.05, 3.63) is 0 Å². The molecule has 1 aliphatic carbocycles. The zero-order chi connectivity index (χ0) is 10.2. The predicted octanol–water partition coefficient (Wildman–Crippen LogP) is 1.48. The second kappa shape index (κ2) is 3.35. The van der Waals surface area contributed by atoms with Gasteiger partial charge in [-0.15, -0.1) is 0 Å². The van der Waals surface area contributed by atoms with E-state index in [0.717, 1.165) is 38.5 Å². The van der Waals surface area contributed by atoms with E-state index in [-0.39, 0.29) is 12.3 Å². The number of carbonyl (C=O) groups excluding carboxylic acids is 2. The number of nitrogens with zero attached hydrogens (tertiary/aromatic N) is 1. The van der Waals surface area contributed by atoms with Crippen molar-refractivity contribution >= 4 is 11.8 Å². The molecule has 0 unspecified atom stereocenters. The zero-order valence-corrected chi connectivity index (χ0v) is 8.16. The minimum Gasteiger partial charge on any atom is -0.278 e. The van der Waals surface area contributed by atoms with Gasteiger partial charge in [0.1, 0.15) is 0 Å². The van der Waals surface area contributed by atoms with Crippen LogP contribution in [0.3, 0.4) is 0 Å². The second-order valence-electron chi connectivity index (χ2n) is 4.38. The highest BCUT2D eigenvalue weighted by atomic mass is 16.5. The Kier molecular flexibility index (Phi) is 2.31. The van der Waals surface area contributed by atoms with Crippen molar-refractivity contribution < 1.29 is 14.8 Å². The summed E-state index contributed by atoms with van der Waals surface area (Å²) in [5.41, 5.74) is -0.553. The van der Waals surface area contributed by atoms with E-state index in [0.29, 0.717) is 5.06 Å². The van der Waals surface area contributed by atoms with Crippen LogP contribution in [0.25, 0.3) is 0 Å². The minimum absolute atomic E-state index is 0.211. The molecule has 0 aromatic heterocycles. The van der Waals surface area contributed by atoms with Gasteiger partial charge in [0.15, 0.2) is 0 Å². The predicted molar refractivity (Wildman–Crippen MR) is 48.4 cm³/mol. The van der Waals surface area contributed by atoms with Gasteiger partial charge >= 0.3 is 0 Å². The molecule has 1 aliphatic heterocycles. The maximum atomic E-state index is 11.7. The first-order valence-electron chi connectivity index (χ1n) is 5.22. The lowest BCUT2D eigenvalue weighted by Gasteiger charge is -2.22. The van der Waals surface area contributed by atoms with Crippen LogP contribution in [0.2, 0.25) is 0 Å². The van der Waals surface area contributed by atoms with Crippen LogP contribution in [0.4, 0.5) is 0 Å². The van der Waals surface area contributed by atoms with Gasteiger partial charge in [-0.05, 0) is 12.8 Å². The molecular weight excluding hydrogens is 182 g/mol. The van der Waals surface area contributed by atoms with Gasteiger partial charge in [0, 0.05) is 6.42 Å². The van der Waals surface area contributed by atoms with E-state index in [9.17, 15) is 14.8 Å². The van der Waals surface area contributed by atoms with E-state index < -0.39 is 11.3 Å². The number of imide groups is 1. The molecule has 2 aliphatic rings. The summed E-state index contributed by atoms with van der Waals surface area (Å²) >= 11 is 0. The Labute approximate surface area is 82.8 Å². The molecule has 0 atom stereocenters. The third kappa shape index (κ3) is 1.34. The minimum atomic E-state index is -0.553. The van der Waals surface area contributed by atoms with Gasteiger partial charge in [0.25, 0.3) is 11.8 Å². The standard InChI is InChI=1S/C10H15NO3/c12-8-7-10(9(13)11(8)14)5-3-1-2-4-6-10/h14H,1-7H2. The number of hydrogen-bond donors (Lipinski definition) is 1. The fourth-order valence-electron chi connectivity index (χ4n) is 2.57. The fraction of sp³-hybridized carbons (Fsp3) is 0.800. The lowest BCUT2D eigenvalue weighted by Crippen LogP contribution is -2.33. The maximum Gasteiger partial charge on any atom is 0.260 e. The molecule has 4 nitrogen and oxygen atoms in total. The Bertz CT molecular complexity index is 267. The van der Waals surface area contributed by atoms with Crippen LogP contribution < -0.4 is 0 Å². The van der Waals surface area contributed by atoms with E-state index in [1.54, 1.807) is 0 Å². The van der Waals surface area contributed by atoms with Gasteiger partial charge in [-0.2, -0.15) is 5.06 Å². The normalized spacial score (nSPS) is 27.1. The molecule has 2 amide bonds. The van der Waals surface area contributed by atoms with Crippen molar-refractivity contribution in [2.24, 2.45) is 5.41 Å². The van der Waals surface area contributed by atoms with Crippen LogP contribution in [0.15, 0.2) is 0 Å². The highest BCUT2D eigenvalue weighted by Crippen LogP contribution is 2.43. The van der Waals surface area contributed by atoms with Gasteiger partial charge in [0.2, 0.25) is 0 Å². The lowest BCUT2D eigenvalue weighted by molar-refractivity contribution is -0.174.